The molecule has 0 aliphatic carbocycles. The Kier molecular flexibility index (Phi) is 2.34. The van der Waals surface area contributed by atoms with Crippen LogP contribution in [0.25, 0.3) is 22.3 Å². The first-order valence-corrected chi connectivity index (χ1v) is 5.70. The van der Waals surface area contributed by atoms with Gasteiger partial charge in [0.05, 0.1) is 5.69 Å². The number of rotatable bonds is 1. The van der Waals surface area contributed by atoms with Gasteiger partial charge >= 0.3 is 0 Å². The van der Waals surface area contributed by atoms with Gasteiger partial charge in [-0.1, -0.05) is 30.3 Å². The summed E-state index contributed by atoms with van der Waals surface area (Å²) in [6.45, 7) is 2.03. The number of fused-ring (bicyclic) bond motifs is 1. The maximum atomic E-state index is 5.94. The number of hydrogen-bond acceptors (Lipinski definition) is 2. The fraction of sp³-hybridized carbons (Fsp3) is 0.0769. The van der Waals surface area contributed by atoms with E-state index in [0.29, 0.717) is 0 Å². The lowest BCUT2D eigenvalue weighted by Gasteiger charge is -2.03. The monoisotopic (exact) mass is 243 g/mol. The van der Waals surface area contributed by atoms with Crippen molar-refractivity contribution < 1.29 is 0 Å². The second-order valence-electron chi connectivity index (χ2n) is 3.90. The Labute approximate surface area is 103 Å². The Morgan fingerprint density at radius 1 is 1.12 bits per heavy atom. The first kappa shape index (κ1) is 10.3. The molecule has 17 heavy (non-hydrogen) atoms. The van der Waals surface area contributed by atoms with E-state index in [1.807, 2.05) is 43.5 Å². The quantitative estimate of drug-likeness (QED) is 0.664. The molecule has 0 aliphatic heterocycles. The minimum absolute atomic E-state index is 0.262. The number of nitrogens with one attached hydrogen (secondary N) is 1. The van der Waals surface area contributed by atoms with Gasteiger partial charge in [-0.3, -0.25) is 0 Å². The van der Waals surface area contributed by atoms with Crippen LogP contribution in [-0.2, 0) is 0 Å². The van der Waals surface area contributed by atoms with Gasteiger partial charge < -0.3 is 4.98 Å². The van der Waals surface area contributed by atoms with Gasteiger partial charge in [0.1, 0.15) is 5.65 Å². The Bertz CT molecular complexity index is 674. The van der Waals surface area contributed by atoms with Crippen molar-refractivity contribution in [1.29, 1.82) is 0 Å². The van der Waals surface area contributed by atoms with E-state index in [9.17, 15) is 0 Å². The van der Waals surface area contributed by atoms with Gasteiger partial charge in [-0.2, -0.15) is 4.98 Å². The van der Waals surface area contributed by atoms with E-state index in [-0.39, 0.29) is 5.28 Å². The smallest absolute Gasteiger partial charge is 0.224 e. The fourth-order valence-electron chi connectivity index (χ4n) is 1.97. The molecule has 0 saturated carbocycles. The van der Waals surface area contributed by atoms with Crippen molar-refractivity contribution in [1.82, 2.24) is 15.0 Å². The van der Waals surface area contributed by atoms with E-state index in [0.717, 1.165) is 27.9 Å². The van der Waals surface area contributed by atoms with Crippen molar-refractivity contribution in [3.05, 3.63) is 47.4 Å². The molecule has 0 bridgehead atoms. The summed E-state index contributed by atoms with van der Waals surface area (Å²) in [5.41, 5.74) is 3.82. The van der Waals surface area contributed by atoms with Gasteiger partial charge in [0.15, 0.2) is 0 Å². The molecule has 1 aromatic carbocycles. The molecule has 84 valence electrons. The summed E-state index contributed by atoms with van der Waals surface area (Å²) in [6, 6.07) is 9.99. The molecular weight excluding hydrogens is 234 g/mol. The Morgan fingerprint density at radius 2 is 1.88 bits per heavy atom. The predicted octanol–water partition coefficient (Wildman–Crippen LogP) is 3.59. The van der Waals surface area contributed by atoms with E-state index in [1.165, 1.54) is 0 Å². The van der Waals surface area contributed by atoms with E-state index < -0.39 is 0 Å². The first-order valence-electron chi connectivity index (χ1n) is 5.32. The maximum absolute atomic E-state index is 5.94. The fourth-order valence-corrected chi connectivity index (χ4v) is 2.13. The number of aromatic amines is 1. The van der Waals surface area contributed by atoms with Crippen LogP contribution in [0.5, 0.6) is 0 Å². The van der Waals surface area contributed by atoms with Crippen LogP contribution in [0.15, 0.2) is 36.5 Å². The molecule has 4 heteroatoms. The van der Waals surface area contributed by atoms with Gasteiger partial charge in [-0.25, -0.2) is 4.98 Å². The lowest BCUT2D eigenvalue weighted by atomic mass is 10.1. The second kappa shape index (κ2) is 3.86. The van der Waals surface area contributed by atoms with Gasteiger partial charge in [-0.15, -0.1) is 0 Å². The van der Waals surface area contributed by atoms with Crippen LogP contribution in [0.3, 0.4) is 0 Å². The molecule has 2 aromatic heterocycles. The van der Waals surface area contributed by atoms with Crippen molar-refractivity contribution in [3.8, 4) is 11.3 Å². The molecule has 3 aromatic rings. The molecular formula is C13H10ClN3. The molecule has 3 nitrogen and oxygen atoms in total. The molecule has 0 spiro atoms. The highest BCUT2D eigenvalue weighted by atomic mass is 35.5. The van der Waals surface area contributed by atoms with Gasteiger partial charge in [0.2, 0.25) is 5.28 Å². The van der Waals surface area contributed by atoms with E-state index in [4.69, 9.17) is 11.6 Å². The van der Waals surface area contributed by atoms with E-state index >= 15 is 0 Å². The second-order valence-corrected chi connectivity index (χ2v) is 4.24. The summed E-state index contributed by atoms with van der Waals surface area (Å²) >= 11 is 5.94. The summed E-state index contributed by atoms with van der Waals surface area (Å²) in [7, 11) is 0. The van der Waals surface area contributed by atoms with Crippen molar-refractivity contribution in [3.63, 3.8) is 0 Å². The third-order valence-electron chi connectivity index (χ3n) is 2.75. The average Bonchev–Trinajstić information content (AvgIpc) is 2.71. The summed E-state index contributed by atoms with van der Waals surface area (Å²) < 4.78 is 0. The van der Waals surface area contributed by atoms with Gasteiger partial charge in [0.25, 0.3) is 0 Å². The summed E-state index contributed by atoms with van der Waals surface area (Å²) in [4.78, 5) is 11.6. The van der Waals surface area contributed by atoms with Crippen molar-refractivity contribution in [2.24, 2.45) is 0 Å². The first-order chi connectivity index (χ1) is 8.25. The lowest BCUT2D eigenvalue weighted by molar-refractivity contribution is 1.20. The molecule has 0 unspecified atom stereocenters. The largest absolute Gasteiger partial charge is 0.346 e. The van der Waals surface area contributed by atoms with Crippen molar-refractivity contribution >= 4 is 22.6 Å². The van der Waals surface area contributed by atoms with E-state index in [1.54, 1.807) is 0 Å². The van der Waals surface area contributed by atoms with Crippen LogP contribution in [0.2, 0.25) is 5.28 Å². The third-order valence-corrected chi connectivity index (χ3v) is 2.92. The topological polar surface area (TPSA) is 41.6 Å². The highest BCUT2D eigenvalue weighted by Gasteiger charge is 2.11. The normalized spacial score (nSPS) is 10.9. The van der Waals surface area contributed by atoms with Crippen LogP contribution >= 0.6 is 11.6 Å². The molecule has 3 rings (SSSR count). The Morgan fingerprint density at radius 3 is 2.65 bits per heavy atom. The third kappa shape index (κ3) is 1.68. The van der Waals surface area contributed by atoms with E-state index in [2.05, 4.69) is 15.0 Å². The molecule has 0 fully saturated rings. The number of aryl methyl sites for hydroxylation is 1. The minimum atomic E-state index is 0.262. The Balaban J connectivity index is 2.39. The molecule has 0 atom stereocenters. The molecule has 0 amide bonds. The Hall–Kier alpha value is -1.87. The van der Waals surface area contributed by atoms with Gasteiger partial charge in [-0.05, 0) is 24.1 Å². The number of aromatic nitrogens is 3. The molecule has 1 N–H and O–H groups in total. The molecule has 2 heterocycles. The van der Waals surface area contributed by atoms with Crippen LogP contribution < -0.4 is 0 Å². The minimum Gasteiger partial charge on any atom is -0.346 e. The molecule has 0 aliphatic rings. The standard InChI is InChI=1S/C13H10ClN3/c1-8-7-15-12-10(8)11(16-13(14)17-12)9-5-3-2-4-6-9/h2-7H,1H3,(H,15,16,17). The highest BCUT2D eigenvalue weighted by molar-refractivity contribution is 6.28. The summed E-state index contributed by atoms with van der Waals surface area (Å²) in [6.07, 6.45) is 1.92. The average molecular weight is 244 g/mol. The molecule has 0 radical (unpaired) electrons. The van der Waals surface area contributed by atoms with Gasteiger partial charge in [0, 0.05) is 17.1 Å². The number of halogens is 1. The highest BCUT2D eigenvalue weighted by Crippen LogP contribution is 2.28. The summed E-state index contributed by atoms with van der Waals surface area (Å²) in [5, 5.41) is 1.29. The predicted molar refractivity (Wildman–Crippen MR) is 69.1 cm³/mol. The maximum Gasteiger partial charge on any atom is 0.224 e. The zero-order valence-corrected chi connectivity index (χ0v) is 9.99. The van der Waals surface area contributed by atoms with Crippen LogP contribution in [0.1, 0.15) is 5.56 Å². The SMILES string of the molecule is Cc1c[nH]c2nc(Cl)nc(-c3ccccc3)c12. The van der Waals surface area contributed by atoms with Crippen LogP contribution in [0.4, 0.5) is 0 Å². The van der Waals surface area contributed by atoms with Crippen LogP contribution in [-0.4, -0.2) is 15.0 Å². The number of nitrogens with zero attached hydrogens (tertiary/aromatic N) is 2. The van der Waals surface area contributed by atoms with Crippen molar-refractivity contribution in [2.75, 3.05) is 0 Å². The number of benzene rings is 1. The lowest BCUT2D eigenvalue weighted by Crippen LogP contribution is -1.90. The zero-order chi connectivity index (χ0) is 11.8. The summed E-state index contributed by atoms with van der Waals surface area (Å²) in [5.74, 6) is 0. The number of H-pyrrole nitrogens is 1. The van der Waals surface area contributed by atoms with Crippen LogP contribution in [0, 0.1) is 6.92 Å². The van der Waals surface area contributed by atoms with Crippen molar-refractivity contribution in [2.45, 2.75) is 6.92 Å². The number of hydrogen-bond donors (Lipinski definition) is 1. The zero-order valence-electron chi connectivity index (χ0n) is 9.24. The molecule has 0 saturated heterocycles.